The number of fused-ring (bicyclic) bond motifs is 29. The first-order valence-electron chi connectivity index (χ1n) is 49.7. The van der Waals surface area contributed by atoms with Crippen LogP contribution in [0.15, 0.2) is 551 Å². The van der Waals surface area contributed by atoms with Crippen molar-refractivity contribution in [3.63, 3.8) is 0 Å². The second-order valence-electron chi connectivity index (χ2n) is 37.8. The molecule has 24 aromatic rings. The van der Waals surface area contributed by atoms with Crippen molar-refractivity contribution in [3.05, 3.63) is 588 Å². The van der Waals surface area contributed by atoms with E-state index in [1.165, 1.54) is 163 Å². The van der Waals surface area contributed by atoms with Crippen LogP contribution in [-0.2, 0) is 16.2 Å². The summed E-state index contributed by atoms with van der Waals surface area (Å²) in [5.74, 6) is 2.18. The fourth-order valence-corrected chi connectivity index (χ4v) is 27.5. The minimum Gasteiger partial charge on any atom is -0.228 e. The summed E-state index contributed by atoms with van der Waals surface area (Å²) in [5.41, 5.74) is 42.1. The van der Waals surface area contributed by atoms with Crippen LogP contribution in [0.2, 0.25) is 0 Å². The number of nitrogens with zero attached hydrogens (tertiary/aromatic N) is 6. The summed E-state index contributed by atoms with van der Waals surface area (Å²) in [6, 6.07) is 188. The van der Waals surface area contributed by atoms with Gasteiger partial charge in [0.2, 0.25) is 0 Å². The Labute approximate surface area is 860 Å². The minimum atomic E-state index is -0.439. The highest BCUT2D eigenvalue weighted by molar-refractivity contribution is 8.00. The maximum absolute atomic E-state index is 5.40. The highest BCUT2D eigenvalue weighted by atomic mass is 32.2. The average molecular weight is 1910 g/mol. The molecule has 0 unspecified atom stereocenters. The molecule has 0 radical (unpaired) electrons. The third-order valence-corrected chi connectivity index (χ3v) is 33.6. The van der Waals surface area contributed by atoms with Crippen LogP contribution in [0.5, 0.6) is 0 Å². The van der Waals surface area contributed by atoms with Gasteiger partial charge in [-0.05, 0) is 188 Å². The van der Waals surface area contributed by atoms with E-state index in [0.29, 0.717) is 5.82 Å². The van der Waals surface area contributed by atoms with Crippen LogP contribution in [-0.4, -0.2) is 29.9 Å². The molecule has 0 atom stereocenters. The number of benzene rings is 21. The van der Waals surface area contributed by atoms with Gasteiger partial charge in [0, 0.05) is 79.1 Å². The third kappa shape index (κ3) is 13.8. The van der Waals surface area contributed by atoms with E-state index < -0.39 is 16.2 Å². The SMILES string of the molecule is c1ccc(-c2ccc(-c3nc(-c4cccc5c4-c4ccccc4C54c5ccccc5Sc5ccccc54)c4ccccc4n3)cc2)cc1.c1ccc(-c2ccc(-c3nc(-c4cccc5c4-c4ccccc4C54c5ccccc5Sc5ccccc54)nc4ccccc34)cc2)cc1.c1ccc(-c2ccc(-c3nc(-c4ccccc4)cc(-c4cccc5c4-c4ccccc4C54c5ccccc5Sc5ccccc54)n3)cc2)cc1. The second-order valence-corrected chi connectivity index (χ2v) is 41.1. The van der Waals surface area contributed by atoms with Crippen LogP contribution in [0, 0.1) is 0 Å². The van der Waals surface area contributed by atoms with Crippen molar-refractivity contribution in [2.45, 2.75) is 45.6 Å². The van der Waals surface area contributed by atoms with Gasteiger partial charge in [0.15, 0.2) is 17.5 Å². The summed E-state index contributed by atoms with van der Waals surface area (Å²) < 4.78 is 0. The molecule has 9 heteroatoms. The Kier molecular flexibility index (Phi) is 21.0. The van der Waals surface area contributed by atoms with E-state index in [9.17, 15) is 0 Å². The first kappa shape index (κ1) is 86.3. The Hall–Kier alpha value is -17.6. The Morgan fingerprint density at radius 2 is 0.397 bits per heavy atom. The average Bonchev–Trinajstić information content (AvgIpc) is 1.52. The van der Waals surface area contributed by atoms with Crippen molar-refractivity contribution in [3.8, 4) is 146 Å². The molecular formula is C137H86N6S3. The Balaban J connectivity index is 0.000000106. The van der Waals surface area contributed by atoms with Gasteiger partial charge in [-0.1, -0.05) is 502 Å². The van der Waals surface area contributed by atoms with Crippen LogP contribution in [0.3, 0.4) is 0 Å². The van der Waals surface area contributed by atoms with Crippen molar-refractivity contribution in [1.29, 1.82) is 0 Å². The molecule has 6 heterocycles. The summed E-state index contributed by atoms with van der Waals surface area (Å²) in [4.78, 5) is 39.5. The van der Waals surface area contributed by atoms with Crippen molar-refractivity contribution in [2.24, 2.45) is 0 Å². The van der Waals surface area contributed by atoms with Gasteiger partial charge in [-0.15, -0.1) is 0 Å². The normalized spacial score (nSPS) is 13.4. The molecule has 3 aromatic heterocycles. The monoisotopic (exact) mass is 1910 g/mol. The van der Waals surface area contributed by atoms with Crippen LogP contribution < -0.4 is 0 Å². The minimum absolute atomic E-state index is 0.431. The van der Waals surface area contributed by atoms with Crippen molar-refractivity contribution in [1.82, 2.24) is 29.9 Å². The van der Waals surface area contributed by atoms with Crippen LogP contribution >= 0.6 is 35.3 Å². The lowest BCUT2D eigenvalue weighted by Crippen LogP contribution is -2.31. The van der Waals surface area contributed by atoms with Crippen molar-refractivity contribution < 1.29 is 0 Å². The largest absolute Gasteiger partial charge is 0.228 e. The second kappa shape index (κ2) is 35.5. The lowest BCUT2D eigenvalue weighted by molar-refractivity contribution is 0.722. The first-order valence-corrected chi connectivity index (χ1v) is 52.1. The topological polar surface area (TPSA) is 77.3 Å². The van der Waals surface area contributed by atoms with E-state index in [1.807, 2.05) is 53.5 Å². The predicted molar refractivity (Wildman–Crippen MR) is 600 cm³/mol. The van der Waals surface area contributed by atoms with E-state index >= 15 is 0 Å². The van der Waals surface area contributed by atoms with Crippen molar-refractivity contribution in [2.75, 3.05) is 0 Å². The number of hydrogen-bond donors (Lipinski definition) is 0. The summed E-state index contributed by atoms with van der Waals surface area (Å²) >= 11 is 5.61. The molecular weight excluding hydrogens is 1830 g/mol. The van der Waals surface area contributed by atoms with E-state index in [1.54, 1.807) is 0 Å². The third-order valence-electron chi connectivity index (χ3n) is 30.2. The van der Waals surface area contributed by atoms with Gasteiger partial charge in [0.25, 0.3) is 0 Å². The van der Waals surface area contributed by atoms with Crippen molar-refractivity contribution >= 4 is 57.1 Å². The zero-order valence-electron chi connectivity index (χ0n) is 79.1. The van der Waals surface area contributed by atoms with Gasteiger partial charge < -0.3 is 0 Å². The smallest absolute Gasteiger partial charge is 0.161 e. The maximum atomic E-state index is 5.40. The molecule has 0 saturated carbocycles. The molecule has 6 aliphatic rings. The number of rotatable bonds is 10. The molecule has 3 aliphatic heterocycles. The summed E-state index contributed by atoms with van der Waals surface area (Å²) in [5, 5.41) is 2.10. The fourth-order valence-electron chi connectivity index (χ4n) is 23.9. The lowest BCUT2D eigenvalue weighted by atomic mass is 9.67. The van der Waals surface area contributed by atoms with E-state index in [4.69, 9.17) is 29.9 Å². The standard InChI is InChI=1S/C47H30N2S.2C45H28N2S/c1-3-14-31(15-4-1)32-26-28-34(29-27-32)46-48-41(33-16-5-2-6-17-33)30-42(49-46)36-19-13-23-40-45(36)35-18-7-8-20-37(35)47(40)38-21-9-11-24-43(38)50-44-25-12-10-22-39(44)47;1-2-13-29(14-3-1)30-25-27-31(28-26-30)44-46-39-22-9-5-16-33(39)43(47-44)34-17-12-21-38-42(34)32-15-4-6-18-35(32)45(38)36-19-7-10-23-40(36)48-41-24-11-8-20-37(41)45;1-2-13-29(14-3-1)30-25-27-31(28-26-30)43-33-16-5-9-22-39(33)46-44(47-43)34-17-12-21-38-42(34)32-15-4-6-18-35(32)45(38)36-19-7-10-23-40(36)48-41-24-11-8-20-37(41)45/h1-30H;2*1-28H. The molecule has 3 spiro atoms. The molecule has 0 bridgehead atoms. The molecule has 3 aliphatic carbocycles. The quantitative estimate of drug-likeness (QED) is 0.133. The highest BCUT2D eigenvalue weighted by Gasteiger charge is 2.55. The molecule has 682 valence electrons. The maximum Gasteiger partial charge on any atom is 0.161 e. The molecule has 146 heavy (non-hydrogen) atoms. The lowest BCUT2D eigenvalue weighted by Gasteiger charge is -2.39. The van der Waals surface area contributed by atoms with Gasteiger partial charge in [-0.25, -0.2) is 29.9 Å². The molecule has 21 aromatic carbocycles. The zero-order chi connectivity index (χ0) is 96.4. The Morgan fingerprint density at radius 1 is 0.144 bits per heavy atom. The molecule has 6 nitrogen and oxygen atoms in total. The Bertz CT molecular complexity index is 9200. The van der Waals surface area contributed by atoms with Crippen LogP contribution in [0.25, 0.3) is 168 Å². The van der Waals surface area contributed by atoms with E-state index in [2.05, 4.69) is 504 Å². The summed E-state index contributed by atoms with van der Waals surface area (Å²) in [6.45, 7) is 0. The number of para-hydroxylation sites is 2. The molecule has 0 fully saturated rings. The Morgan fingerprint density at radius 3 is 0.795 bits per heavy atom. The highest BCUT2D eigenvalue weighted by Crippen LogP contribution is 2.68. The zero-order valence-corrected chi connectivity index (χ0v) is 81.5. The first-order chi connectivity index (χ1) is 72.4. The van der Waals surface area contributed by atoms with E-state index in [-0.39, 0.29) is 0 Å². The van der Waals surface area contributed by atoms with Crippen LogP contribution in [0.1, 0.15) is 66.8 Å². The van der Waals surface area contributed by atoms with Gasteiger partial charge in [-0.3, -0.25) is 0 Å². The van der Waals surface area contributed by atoms with Crippen LogP contribution in [0.4, 0.5) is 0 Å². The molecule has 30 rings (SSSR count). The summed E-state index contributed by atoms with van der Waals surface area (Å²) in [7, 11) is 0. The summed E-state index contributed by atoms with van der Waals surface area (Å²) in [6.07, 6.45) is 0. The molecule has 0 amide bonds. The molecule has 0 saturated heterocycles. The fraction of sp³-hybridized carbons (Fsp3) is 0.0219. The molecule has 0 N–H and O–H groups in total. The van der Waals surface area contributed by atoms with E-state index in [0.717, 1.165) is 95.2 Å². The predicted octanol–water partition coefficient (Wildman–Crippen LogP) is 34.9. The number of hydrogen-bond acceptors (Lipinski definition) is 9. The van der Waals surface area contributed by atoms with Gasteiger partial charge >= 0.3 is 0 Å². The van der Waals surface area contributed by atoms with Gasteiger partial charge in [0.05, 0.1) is 50.1 Å². The number of aromatic nitrogens is 6. The van der Waals surface area contributed by atoms with Gasteiger partial charge in [0.1, 0.15) is 0 Å². The van der Waals surface area contributed by atoms with Gasteiger partial charge in [-0.2, -0.15) is 0 Å².